The number of carbonyl (C=O) groups excluding carboxylic acids is 1. The van der Waals surface area contributed by atoms with Crippen molar-refractivity contribution in [2.45, 2.75) is 44.3 Å². The number of benzene rings is 1. The van der Waals surface area contributed by atoms with Gasteiger partial charge < -0.3 is 10.3 Å². The van der Waals surface area contributed by atoms with Crippen molar-refractivity contribution in [3.05, 3.63) is 35.1 Å². The Morgan fingerprint density at radius 2 is 1.85 bits per heavy atom. The minimum absolute atomic E-state index is 0.0818. The van der Waals surface area contributed by atoms with Gasteiger partial charge in [-0.3, -0.25) is 4.79 Å². The molecule has 1 fully saturated rings. The van der Waals surface area contributed by atoms with Crippen LogP contribution in [-0.2, 0) is 4.79 Å². The van der Waals surface area contributed by atoms with E-state index in [2.05, 4.69) is 0 Å². The molecular weight excluding hydrogens is 362 g/mol. The van der Waals surface area contributed by atoms with Crippen LogP contribution in [0.3, 0.4) is 0 Å². The molecule has 0 radical (unpaired) electrons. The lowest BCUT2D eigenvalue weighted by Gasteiger charge is -2.43. The molecule has 3 atom stereocenters. The Balaban J connectivity index is 2.46. The molecule has 144 valence electrons. The summed E-state index contributed by atoms with van der Waals surface area (Å²) in [5, 5.41) is 7.03. The highest BCUT2D eigenvalue weighted by Gasteiger charge is 2.45. The Labute approximate surface area is 146 Å². The molecule has 1 saturated heterocycles. The number of nitrogens with one attached hydrogen (secondary N) is 1. The second-order valence-electron chi connectivity index (χ2n) is 6.40. The number of halogens is 6. The second-order valence-corrected chi connectivity index (χ2v) is 6.40. The fraction of sp³-hybridized carbons (Fsp3) is 0.529. The summed E-state index contributed by atoms with van der Waals surface area (Å²) in [4.78, 5) is 13.0. The third-order valence-corrected chi connectivity index (χ3v) is 4.70. The maximum absolute atomic E-state index is 14.2. The van der Waals surface area contributed by atoms with Gasteiger partial charge in [-0.15, -0.1) is 0 Å². The van der Waals surface area contributed by atoms with Crippen molar-refractivity contribution in [2.24, 2.45) is 5.92 Å². The fourth-order valence-electron chi connectivity index (χ4n) is 3.44. The Bertz CT molecular complexity index is 691. The van der Waals surface area contributed by atoms with Crippen LogP contribution < -0.4 is 0 Å². The van der Waals surface area contributed by atoms with Gasteiger partial charge in [0.05, 0.1) is 0 Å². The summed E-state index contributed by atoms with van der Waals surface area (Å²) >= 11 is 0. The van der Waals surface area contributed by atoms with E-state index in [1.807, 2.05) is 0 Å². The number of piperidine rings is 1. The van der Waals surface area contributed by atoms with E-state index in [0.717, 1.165) is 12.3 Å². The standard InChI is InChI=1S/C17H18F6N2O/c1-9-11(14-12(18)4-5-13(19)15(14)20)7-10(3-2-6-24)16(26)25(9)8-17(21,22)23/h4-6,9-11,24H,2-3,7-8H2,1H3/t9-,10?,11-/m1/s1. The first-order chi connectivity index (χ1) is 12.1. The molecule has 1 aliphatic rings. The topological polar surface area (TPSA) is 44.2 Å². The lowest BCUT2D eigenvalue weighted by Crippen LogP contribution is -2.53. The zero-order chi connectivity index (χ0) is 19.6. The van der Waals surface area contributed by atoms with Gasteiger partial charge in [-0.1, -0.05) is 0 Å². The Hall–Kier alpha value is -2.06. The van der Waals surface area contributed by atoms with E-state index in [9.17, 15) is 31.1 Å². The number of alkyl halides is 3. The van der Waals surface area contributed by atoms with Crippen LogP contribution in [0, 0.1) is 28.8 Å². The number of likely N-dealkylation sites (tertiary alicyclic amines) is 1. The summed E-state index contributed by atoms with van der Waals surface area (Å²) < 4.78 is 80.5. The van der Waals surface area contributed by atoms with Crippen LogP contribution in [0.25, 0.3) is 0 Å². The molecule has 0 aliphatic carbocycles. The zero-order valence-corrected chi connectivity index (χ0v) is 13.9. The van der Waals surface area contributed by atoms with E-state index in [1.165, 1.54) is 6.92 Å². The third kappa shape index (κ3) is 4.19. The predicted molar refractivity (Wildman–Crippen MR) is 82.4 cm³/mol. The fourth-order valence-corrected chi connectivity index (χ4v) is 3.44. The van der Waals surface area contributed by atoms with Crippen LogP contribution in [0.4, 0.5) is 26.3 Å². The number of nitrogens with zero attached hydrogens (tertiary/aromatic N) is 1. The van der Waals surface area contributed by atoms with Crippen molar-refractivity contribution in [3.8, 4) is 0 Å². The molecule has 26 heavy (non-hydrogen) atoms. The molecule has 1 heterocycles. The molecule has 0 spiro atoms. The molecular formula is C17H18F6N2O. The van der Waals surface area contributed by atoms with E-state index in [-0.39, 0.29) is 19.3 Å². The lowest BCUT2D eigenvalue weighted by atomic mass is 9.77. The maximum atomic E-state index is 14.2. The third-order valence-electron chi connectivity index (χ3n) is 4.70. The average Bonchev–Trinajstić information content (AvgIpc) is 2.55. The maximum Gasteiger partial charge on any atom is 0.406 e. The number of hydrogen-bond donors (Lipinski definition) is 1. The minimum atomic E-state index is -4.68. The van der Waals surface area contributed by atoms with Crippen molar-refractivity contribution < 1.29 is 31.1 Å². The lowest BCUT2D eigenvalue weighted by molar-refractivity contribution is -0.173. The van der Waals surface area contributed by atoms with Crippen LogP contribution >= 0.6 is 0 Å². The van der Waals surface area contributed by atoms with Crippen molar-refractivity contribution in [1.29, 1.82) is 5.41 Å². The molecule has 1 N–H and O–H groups in total. The van der Waals surface area contributed by atoms with Gasteiger partial charge in [-0.2, -0.15) is 13.2 Å². The minimum Gasteiger partial charge on any atom is -0.330 e. The number of rotatable bonds is 5. The summed E-state index contributed by atoms with van der Waals surface area (Å²) in [7, 11) is 0. The van der Waals surface area contributed by atoms with Crippen LogP contribution in [0.2, 0.25) is 0 Å². The normalized spacial score (nSPS) is 24.0. The van der Waals surface area contributed by atoms with Gasteiger partial charge in [0.1, 0.15) is 12.4 Å². The first-order valence-corrected chi connectivity index (χ1v) is 8.06. The summed E-state index contributed by atoms with van der Waals surface area (Å²) in [5.41, 5.74) is -0.642. The van der Waals surface area contributed by atoms with E-state index >= 15 is 0 Å². The molecule has 0 saturated carbocycles. The highest BCUT2D eigenvalue weighted by molar-refractivity contribution is 5.81. The van der Waals surface area contributed by atoms with Crippen LogP contribution in [0.1, 0.15) is 37.7 Å². The first-order valence-electron chi connectivity index (χ1n) is 8.06. The second kappa shape index (κ2) is 7.67. The van der Waals surface area contributed by atoms with E-state index in [4.69, 9.17) is 5.41 Å². The van der Waals surface area contributed by atoms with Crippen molar-refractivity contribution in [1.82, 2.24) is 4.90 Å². The number of carbonyl (C=O) groups is 1. The molecule has 1 aromatic rings. The van der Waals surface area contributed by atoms with Gasteiger partial charge in [0.25, 0.3) is 0 Å². The predicted octanol–water partition coefficient (Wildman–Crippen LogP) is 4.42. The average molecular weight is 380 g/mol. The highest BCUT2D eigenvalue weighted by atomic mass is 19.4. The largest absolute Gasteiger partial charge is 0.406 e. The van der Waals surface area contributed by atoms with Crippen LogP contribution in [0.15, 0.2) is 12.1 Å². The van der Waals surface area contributed by atoms with Gasteiger partial charge >= 0.3 is 6.18 Å². The summed E-state index contributed by atoms with van der Waals surface area (Å²) in [6.45, 7) is -0.284. The van der Waals surface area contributed by atoms with Crippen molar-refractivity contribution in [3.63, 3.8) is 0 Å². The summed E-state index contributed by atoms with van der Waals surface area (Å²) in [5.74, 6) is -6.64. The molecule has 1 amide bonds. The van der Waals surface area contributed by atoms with Crippen molar-refractivity contribution in [2.75, 3.05) is 6.54 Å². The van der Waals surface area contributed by atoms with Gasteiger partial charge in [0.2, 0.25) is 5.91 Å². The molecule has 3 nitrogen and oxygen atoms in total. The molecule has 1 aromatic carbocycles. The van der Waals surface area contributed by atoms with E-state index < -0.39 is 59.5 Å². The smallest absolute Gasteiger partial charge is 0.330 e. The van der Waals surface area contributed by atoms with Crippen LogP contribution in [0.5, 0.6) is 0 Å². The Morgan fingerprint density at radius 1 is 1.23 bits per heavy atom. The van der Waals surface area contributed by atoms with E-state index in [0.29, 0.717) is 11.0 Å². The molecule has 0 bridgehead atoms. The summed E-state index contributed by atoms with van der Waals surface area (Å²) in [6.07, 6.45) is -3.56. The molecule has 9 heteroatoms. The van der Waals surface area contributed by atoms with Gasteiger partial charge in [0, 0.05) is 23.4 Å². The highest BCUT2D eigenvalue weighted by Crippen LogP contribution is 2.41. The zero-order valence-electron chi connectivity index (χ0n) is 13.9. The monoisotopic (exact) mass is 380 g/mol. The van der Waals surface area contributed by atoms with Gasteiger partial charge in [-0.25, -0.2) is 13.2 Å². The molecule has 2 rings (SSSR count). The van der Waals surface area contributed by atoms with Crippen LogP contribution in [-0.4, -0.2) is 35.8 Å². The molecule has 0 aromatic heterocycles. The first kappa shape index (κ1) is 20.3. The molecule has 1 unspecified atom stereocenters. The Kier molecular flexibility index (Phi) is 5.98. The molecule has 1 aliphatic heterocycles. The number of hydrogen-bond acceptors (Lipinski definition) is 2. The van der Waals surface area contributed by atoms with Gasteiger partial charge in [0.15, 0.2) is 11.6 Å². The SMILES string of the molecule is C[C@@H]1[C@H](c2c(F)ccc(F)c2F)CC(CCC=N)C(=O)N1CC(F)(F)F. The summed E-state index contributed by atoms with van der Waals surface area (Å²) in [6, 6.07) is 0.163. The van der Waals surface area contributed by atoms with E-state index in [1.54, 1.807) is 0 Å². The Morgan fingerprint density at radius 3 is 2.42 bits per heavy atom. The quantitative estimate of drug-likeness (QED) is 0.459. The number of amides is 1. The van der Waals surface area contributed by atoms with Gasteiger partial charge in [-0.05, 0) is 44.5 Å². The van der Waals surface area contributed by atoms with Crippen molar-refractivity contribution >= 4 is 12.1 Å².